The number of rotatable bonds is 2. The van der Waals surface area contributed by atoms with Crippen LogP contribution in [0.1, 0.15) is 26.2 Å². The van der Waals surface area contributed by atoms with E-state index in [1.807, 2.05) is 11.8 Å². The molecule has 90 valence electrons. The number of carbonyl (C=O) groups excluding carboxylic acids is 2. The van der Waals surface area contributed by atoms with Crippen molar-refractivity contribution in [2.45, 2.75) is 32.2 Å². The van der Waals surface area contributed by atoms with Crippen LogP contribution in [-0.2, 0) is 9.59 Å². The first-order chi connectivity index (χ1) is 7.74. The molecule has 1 unspecified atom stereocenters. The van der Waals surface area contributed by atoms with Gasteiger partial charge in [-0.1, -0.05) is 6.92 Å². The fourth-order valence-corrected chi connectivity index (χ4v) is 3.42. The fourth-order valence-electron chi connectivity index (χ4n) is 2.24. The zero-order chi connectivity index (χ0) is 11.5. The molecule has 0 spiro atoms. The normalized spacial score (nSPS) is 25.2. The SMILES string of the molecule is CCC(=O)N1CSCC1C(=O)N1CCCC1. The van der Waals surface area contributed by atoms with Crippen LogP contribution in [0, 0.1) is 0 Å². The quantitative estimate of drug-likeness (QED) is 0.723. The summed E-state index contributed by atoms with van der Waals surface area (Å²) in [5, 5.41) is 0. The summed E-state index contributed by atoms with van der Waals surface area (Å²) < 4.78 is 0. The smallest absolute Gasteiger partial charge is 0.246 e. The highest BCUT2D eigenvalue weighted by Gasteiger charge is 2.36. The average molecular weight is 242 g/mol. The Morgan fingerprint density at radius 2 is 2.00 bits per heavy atom. The topological polar surface area (TPSA) is 40.6 Å². The molecule has 2 aliphatic rings. The first-order valence-corrected chi connectivity index (χ1v) is 7.05. The van der Waals surface area contributed by atoms with Crippen LogP contribution in [0.5, 0.6) is 0 Å². The van der Waals surface area contributed by atoms with Crippen molar-refractivity contribution in [3.63, 3.8) is 0 Å². The monoisotopic (exact) mass is 242 g/mol. The van der Waals surface area contributed by atoms with Crippen molar-refractivity contribution in [1.82, 2.24) is 9.80 Å². The Morgan fingerprint density at radius 1 is 1.31 bits per heavy atom. The van der Waals surface area contributed by atoms with Crippen molar-refractivity contribution in [2.75, 3.05) is 24.7 Å². The van der Waals surface area contributed by atoms with Crippen molar-refractivity contribution < 1.29 is 9.59 Å². The molecule has 16 heavy (non-hydrogen) atoms. The second-order valence-electron chi connectivity index (χ2n) is 4.27. The number of hydrogen-bond donors (Lipinski definition) is 0. The lowest BCUT2D eigenvalue weighted by atomic mass is 10.2. The third kappa shape index (κ3) is 2.19. The number of carbonyl (C=O) groups is 2. The molecule has 0 N–H and O–H groups in total. The van der Waals surface area contributed by atoms with Gasteiger partial charge in [-0.3, -0.25) is 9.59 Å². The summed E-state index contributed by atoms with van der Waals surface area (Å²) in [4.78, 5) is 27.5. The summed E-state index contributed by atoms with van der Waals surface area (Å²) in [5.74, 6) is 1.70. The molecule has 5 heteroatoms. The van der Waals surface area contributed by atoms with Gasteiger partial charge in [-0.15, -0.1) is 11.8 Å². The highest BCUT2D eigenvalue weighted by Crippen LogP contribution is 2.24. The molecule has 0 saturated carbocycles. The molecule has 0 aromatic heterocycles. The van der Waals surface area contributed by atoms with E-state index in [1.54, 1.807) is 16.7 Å². The van der Waals surface area contributed by atoms with Crippen LogP contribution in [0.25, 0.3) is 0 Å². The van der Waals surface area contributed by atoms with Gasteiger partial charge in [0.15, 0.2) is 0 Å². The molecule has 2 fully saturated rings. The third-order valence-corrected chi connectivity index (χ3v) is 4.22. The maximum absolute atomic E-state index is 12.2. The molecule has 0 aromatic carbocycles. The molecule has 0 aromatic rings. The Balaban J connectivity index is 2.01. The van der Waals surface area contributed by atoms with Gasteiger partial charge in [-0.25, -0.2) is 0 Å². The van der Waals surface area contributed by atoms with Crippen molar-refractivity contribution in [1.29, 1.82) is 0 Å². The number of nitrogens with zero attached hydrogens (tertiary/aromatic N) is 2. The zero-order valence-electron chi connectivity index (χ0n) is 9.65. The Hall–Kier alpha value is -0.710. The summed E-state index contributed by atoms with van der Waals surface area (Å²) in [5.41, 5.74) is 0. The van der Waals surface area contributed by atoms with Crippen LogP contribution in [0.3, 0.4) is 0 Å². The summed E-state index contributed by atoms with van der Waals surface area (Å²) in [7, 11) is 0. The largest absolute Gasteiger partial charge is 0.341 e. The lowest BCUT2D eigenvalue weighted by Gasteiger charge is -2.26. The van der Waals surface area contributed by atoms with Crippen LogP contribution in [0.2, 0.25) is 0 Å². The predicted molar refractivity (Wildman–Crippen MR) is 64.1 cm³/mol. The number of hydrogen-bond acceptors (Lipinski definition) is 3. The highest BCUT2D eigenvalue weighted by atomic mass is 32.2. The molecule has 2 rings (SSSR count). The van der Waals surface area contributed by atoms with Crippen LogP contribution in [0.15, 0.2) is 0 Å². The number of amides is 2. The first-order valence-electron chi connectivity index (χ1n) is 5.90. The standard InChI is InChI=1S/C11H18N2O2S/c1-2-10(14)13-8-16-7-9(13)11(15)12-5-3-4-6-12/h9H,2-8H2,1H3. The lowest BCUT2D eigenvalue weighted by molar-refractivity contribution is -0.142. The van der Waals surface area contributed by atoms with Crippen molar-refractivity contribution in [2.24, 2.45) is 0 Å². The second kappa shape index (κ2) is 5.08. The predicted octanol–water partition coefficient (Wildman–Crippen LogP) is 0.920. The van der Waals surface area contributed by atoms with Crippen molar-refractivity contribution in [3.05, 3.63) is 0 Å². The van der Waals surface area contributed by atoms with Gasteiger partial charge in [0.1, 0.15) is 6.04 Å². The van der Waals surface area contributed by atoms with Crippen molar-refractivity contribution in [3.8, 4) is 0 Å². The van der Waals surface area contributed by atoms with Crippen LogP contribution < -0.4 is 0 Å². The van der Waals surface area contributed by atoms with Gasteiger partial charge in [-0.2, -0.15) is 0 Å². The number of thioether (sulfide) groups is 1. The van der Waals surface area contributed by atoms with E-state index in [2.05, 4.69) is 0 Å². The van der Waals surface area contributed by atoms with E-state index in [1.165, 1.54) is 0 Å². The van der Waals surface area contributed by atoms with Crippen LogP contribution in [0.4, 0.5) is 0 Å². The van der Waals surface area contributed by atoms with E-state index in [0.717, 1.165) is 31.7 Å². The Bertz CT molecular complexity index is 290. The minimum absolute atomic E-state index is 0.0996. The second-order valence-corrected chi connectivity index (χ2v) is 5.26. The average Bonchev–Trinajstić information content (AvgIpc) is 2.97. The fraction of sp³-hybridized carbons (Fsp3) is 0.818. The maximum atomic E-state index is 12.2. The molecule has 4 nitrogen and oxygen atoms in total. The van der Waals surface area contributed by atoms with Crippen LogP contribution in [-0.4, -0.2) is 52.4 Å². The van der Waals surface area contributed by atoms with Gasteiger partial charge in [0.25, 0.3) is 0 Å². The number of likely N-dealkylation sites (tertiary alicyclic amines) is 1. The van der Waals surface area contributed by atoms with E-state index < -0.39 is 0 Å². The van der Waals surface area contributed by atoms with Gasteiger partial charge in [0, 0.05) is 25.3 Å². The van der Waals surface area contributed by atoms with Crippen molar-refractivity contribution >= 4 is 23.6 Å². The Labute approximate surface area is 100 Å². The van der Waals surface area contributed by atoms with E-state index in [4.69, 9.17) is 0 Å². The molecular weight excluding hydrogens is 224 g/mol. The molecule has 2 saturated heterocycles. The van der Waals surface area contributed by atoms with Gasteiger partial charge in [0.05, 0.1) is 5.88 Å². The van der Waals surface area contributed by atoms with Crippen LogP contribution >= 0.6 is 11.8 Å². The summed E-state index contributed by atoms with van der Waals surface area (Å²) >= 11 is 1.68. The van der Waals surface area contributed by atoms with Gasteiger partial charge in [-0.05, 0) is 12.8 Å². The summed E-state index contributed by atoms with van der Waals surface area (Å²) in [6.45, 7) is 3.59. The molecule has 0 bridgehead atoms. The summed E-state index contributed by atoms with van der Waals surface area (Å²) in [6.07, 6.45) is 2.70. The van der Waals surface area contributed by atoms with E-state index >= 15 is 0 Å². The zero-order valence-corrected chi connectivity index (χ0v) is 10.5. The molecule has 0 radical (unpaired) electrons. The Kier molecular flexibility index (Phi) is 3.74. The van der Waals surface area contributed by atoms with E-state index in [0.29, 0.717) is 12.3 Å². The van der Waals surface area contributed by atoms with Gasteiger partial charge >= 0.3 is 0 Å². The molecule has 1 atom stereocenters. The minimum atomic E-state index is -0.199. The first kappa shape index (κ1) is 11.8. The minimum Gasteiger partial charge on any atom is -0.341 e. The van der Waals surface area contributed by atoms with E-state index in [-0.39, 0.29) is 17.9 Å². The third-order valence-electron chi connectivity index (χ3n) is 3.21. The molecule has 2 aliphatic heterocycles. The maximum Gasteiger partial charge on any atom is 0.246 e. The van der Waals surface area contributed by atoms with Gasteiger partial charge in [0.2, 0.25) is 11.8 Å². The summed E-state index contributed by atoms with van der Waals surface area (Å²) in [6, 6.07) is -0.199. The van der Waals surface area contributed by atoms with E-state index in [9.17, 15) is 9.59 Å². The molecular formula is C11H18N2O2S. The molecule has 0 aliphatic carbocycles. The van der Waals surface area contributed by atoms with Gasteiger partial charge < -0.3 is 9.80 Å². The molecule has 2 amide bonds. The molecule has 2 heterocycles. The highest BCUT2D eigenvalue weighted by molar-refractivity contribution is 7.99. The lowest BCUT2D eigenvalue weighted by Crippen LogP contribution is -2.48. The Morgan fingerprint density at radius 3 is 2.62 bits per heavy atom.